The Hall–Kier alpha value is -2.79. The molecule has 3 aromatic rings. The van der Waals surface area contributed by atoms with E-state index in [9.17, 15) is 22.8 Å². The van der Waals surface area contributed by atoms with Gasteiger partial charge in [0.25, 0.3) is 11.8 Å². The zero-order valence-electron chi connectivity index (χ0n) is 18.0. The number of barbiturate groups is 1. The van der Waals surface area contributed by atoms with Crippen LogP contribution in [0.5, 0.6) is 5.75 Å². The zero-order valence-corrected chi connectivity index (χ0v) is 22.6. The summed E-state index contributed by atoms with van der Waals surface area (Å²) in [5.74, 6) is -2.29. The van der Waals surface area contributed by atoms with E-state index in [-0.39, 0.29) is 42.0 Å². The van der Waals surface area contributed by atoms with Gasteiger partial charge in [0.2, 0.25) is 0 Å². The molecule has 1 aliphatic heterocycles. The Morgan fingerprint density at radius 2 is 1.41 bits per heavy atom. The highest BCUT2D eigenvalue weighted by Crippen LogP contribution is 2.37. The van der Waals surface area contributed by atoms with E-state index in [0.29, 0.717) is 9.92 Å². The smallest absolute Gasteiger partial charge is 0.339 e. The van der Waals surface area contributed by atoms with E-state index in [1.807, 2.05) is 0 Å². The topological polar surface area (TPSA) is 110 Å². The third kappa shape index (κ3) is 5.72. The van der Waals surface area contributed by atoms with Crippen molar-refractivity contribution in [2.75, 3.05) is 4.90 Å². The second-order valence-corrected chi connectivity index (χ2v) is 11.0. The number of rotatable bonds is 5. The van der Waals surface area contributed by atoms with Crippen molar-refractivity contribution in [3.05, 3.63) is 90.8 Å². The average Bonchev–Trinajstić information content (AvgIpc) is 2.81. The molecule has 1 aliphatic rings. The molecule has 1 N–H and O–H groups in total. The lowest BCUT2D eigenvalue weighted by molar-refractivity contribution is -0.122. The minimum atomic E-state index is -4.31. The molecule has 0 atom stereocenters. The predicted molar refractivity (Wildman–Crippen MR) is 141 cm³/mol. The van der Waals surface area contributed by atoms with Crippen molar-refractivity contribution in [2.24, 2.45) is 0 Å². The lowest BCUT2D eigenvalue weighted by Gasteiger charge is -2.26. The SMILES string of the molecule is O=C1NC(=O)N(c2ccc(Cl)c(Cl)c2)C(=O)/C1=C/c1cc(Cl)c(OS(=O)(=O)c2ccc(Cl)cc2)c(Cl)c1. The number of hydrogen-bond donors (Lipinski definition) is 1. The highest BCUT2D eigenvalue weighted by atomic mass is 35.5. The standard InChI is InChI=1S/C23H11Cl5N2O6S/c24-12-1-4-14(5-2-12)37(34,35)36-20-18(27)8-11(9-19(20)28)7-15-21(31)29-23(33)30(22(15)32)13-3-6-16(25)17(26)10-13/h1-10H,(H,29,31,33)/b15-7+. The lowest BCUT2D eigenvalue weighted by atomic mass is 10.1. The maximum Gasteiger partial charge on any atom is 0.339 e. The molecule has 1 saturated heterocycles. The molecule has 0 aromatic heterocycles. The van der Waals surface area contributed by atoms with E-state index in [1.165, 1.54) is 54.6 Å². The molecule has 14 heteroatoms. The van der Waals surface area contributed by atoms with Gasteiger partial charge in [-0.1, -0.05) is 58.0 Å². The van der Waals surface area contributed by atoms with Crippen molar-refractivity contribution in [2.45, 2.75) is 4.90 Å². The Labute approximate surface area is 235 Å². The van der Waals surface area contributed by atoms with Gasteiger partial charge in [0.1, 0.15) is 10.5 Å². The molecule has 0 saturated carbocycles. The predicted octanol–water partition coefficient (Wildman–Crippen LogP) is 6.39. The van der Waals surface area contributed by atoms with Crippen LogP contribution in [0.4, 0.5) is 10.5 Å². The lowest BCUT2D eigenvalue weighted by Crippen LogP contribution is -2.54. The normalized spacial score (nSPS) is 15.2. The highest BCUT2D eigenvalue weighted by Gasteiger charge is 2.37. The average molecular weight is 621 g/mol. The van der Waals surface area contributed by atoms with Crippen molar-refractivity contribution < 1.29 is 27.0 Å². The van der Waals surface area contributed by atoms with Crippen LogP contribution >= 0.6 is 58.0 Å². The van der Waals surface area contributed by atoms with E-state index >= 15 is 0 Å². The van der Waals surface area contributed by atoms with Crippen molar-refractivity contribution in [3.8, 4) is 5.75 Å². The molecule has 1 heterocycles. The van der Waals surface area contributed by atoms with Crippen molar-refractivity contribution in [1.29, 1.82) is 0 Å². The molecule has 0 unspecified atom stereocenters. The third-order valence-electron chi connectivity index (χ3n) is 4.89. The van der Waals surface area contributed by atoms with Crippen LogP contribution in [-0.2, 0) is 19.7 Å². The fraction of sp³-hybridized carbons (Fsp3) is 0. The highest BCUT2D eigenvalue weighted by molar-refractivity contribution is 7.87. The summed E-state index contributed by atoms with van der Waals surface area (Å²) in [7, 11) is -4.31. The molecule has 37 heavy (non-hydrogen) atoms. The summed E-state index contributed by atoms with van der Waals surface area (Å²) in [5.41, 5.74) is -0.212. The third-order valence-corrected chi connectivity index (χ3v) is 7.68. The molecule has 0 bridgehead atoms. The Morgan fingerprint density at radius 1 is 0.784 bits per heavy atom. The number of anilines is 1. The summed E-state index contributed by atoms with van der Waals surface area (Å²) in [6, 6.07) is 10.7. The van der Waals surface area contributed by atoms with Gasteiger partial charge in [-0.05, 0) is 66.2 Å². The van der Waals surface area contributed by atoms with Gasteiger partial charge in [-0.2, -0.15) is 8.42 Å². The number of halogens is 5. The number of nitrogens with one attached hydrogen (secondary N) is 1. The van der Waals surface area contributed by atoms with Gasteiger partial charge in [-0.25, -0.2) is 9.69 Å². The molecule has 3 aromatic carbocycles. The monoisotopic (exact) mass is 618 g/mol. The van der Waals surface area contributed by atoms with Gasteiger partial charge in [-0.15, -0.1) is 0 Å². The van der Waals surface area contributed by atoms with E-state index in [2.05, 4.69) is 5.32 Å². The molecular weight excluding hydrogens is 610 g/mol. The first kappa shape index (κ1) is 27.3. The molecule has 4 rings (SSSR count). The number of amides is 4. The summed E-state index contributed by atoms with van der Waals surface area (Å²) in [6.07, 6.45) is 1.13. The van der Waals surface area contributed by atoms with Gasteiger partial charge in [-0.3, -0.25) is 14.9 Å². The fourth-order valence-corrected chi connectivity index (χ4v) is 5.24. The maximum absolute atomic E-state index is 13.1. The second kappa shape index (κ2) is 10.5. The van der Waals surface area contributed by atoms with Crippen LogP contribution in [0.2, 0.25) is 25.1 Å². The molecule has 0 spiro atoms. The van der Waals surface area contributed by atoms with Crippen LogP contribution in [0, 0.1) is 0 Å². The summed E-state index contributed by atoms with van der Waals surface area (Å²) in [5, 5.41) is 2.23. The molecule has 1 fully saturated rings. The van der Waals surface area contributed by atoms with Gasteiger partial charge in [0.15, 0.2) is 5.75 Å². The molecule has 0 aliphatic carbocycles. The fourth-order valence-electron chi connectivity index (χ4n) is 3.18. The summed E-state index contributed by atoms with van der Waals surface area (Å²) >= 11 is 30.1. The Balaban J connectivity index is 1.67. The van der Waals surface area contributed by atoms with Crippen LogP contribution < -0.4 is 14.4 Å². The van der Waals surface area contributed by atoms with Gasteiger partial charge in [0.05, 0.1) is 25.8 Å². The first-order valence-corrected chi connectivity index (χ1v) is 13.2. The summed E-state index contributed by atoms with van der Waals surface area (Å²) < 4.78 is 30.3. The number of carbonyl (C=O) groups is 3. The molecule has 0 radical (unpaired) electrons. The number of hydrogen-bond acceptors (Lipinski definition) is 6. The quantitative estimate of drug-likeness (QED) is 0.201. The second-order valence-electron chi connectivity index (χ2n) is 7.36. The summed E-state index contributed by atoms with van der Waals surface area (Å²) in [6.45, 7) is 0. The number of urea groups is 1. The minimum Gasteiger partial charge on any atom is -0.376 e. The van der Waals surface area contributed by atoms with Crippen molar-refractivity contribution in [3.63, 3.8) is 0 Å². The van der Waals surface area contributed by atoms with Crippen molar-refractivity contribution in [1.82, 2.24) is 5.32 Å². The number of nitrogens with zero attached hydrogens (tertiary/aromatic N) is 1. The number of imide groups is 2. The van der Waals surface area contributed by atoms with Crippen molar-refractivity contribution >= 4 is 97.7 Å². The molecular formula is C23H11Cl5N2O6S. The van der Waals surface area contributed by atoms with Gasteiger partial charge < -0.3 is 4.18 Å². The Bertz CT molecular complexity index is 1580. The first-order valence-electron chi connectivity index (χ1n) is 9.93. The maximum atomic E-state index is 13.1. The van der Waals surface area contributed by atoms with Gasteiger partial charge in [0, 0.05) is 5.02 Å². The summed E-state index contributed by atoms with van der Waals surface area (Å²) in [4.78, 5) is 38.4. The van der Waals surface area contributed by atoms with Crippen LogP contribution in [0.3, 0.4) is 0 Å². The largest absolute Gasteiger partial charge is 0.376 e. The van der Waals surface area contributed by atoms with E-state index < -0.39 is 33.5 Å². The van der Waals surface area contributed by atoms with E-state index in [0.717, 1.165) is 6.08 Å². The Morgan fingerprint density at radius 3 is 2.00 bits per heavy atom. The van der Waals surface area contributed by atoms with Gasteiger partial charge >= 0.3 is 16.1 Å². The number of benzene rings is 3. The van der Waals surface area contributed by atoms with Crippen LogP contribution in [0.1, 0.15) is 5.56 Å². The molecule has 8 nitrogen and oxygen atoms in total. The van der Waals surface area contributed by atoms with Crippen LogP contribution in [-0.4, -0.2) is 26.3 Å². The first-order chi connectivity index (χ1) is 17.4. The van der Waals surface area contributed by atoms with E-state index in [1.54, 1.807) is 0 Å². The zero-order chi connectivity index (χ0) is 27.1. The molecule has 190 valence electrons. The Kier molecular flexibility index (Phi) is 7.75. The number of carbonyl (C=O) groups excluding carboxylic acids is 3. The van der Waals surface area contributed by atoms with Crippen LogP contribution in [0.15, 0.2) is 65.1 Å². The molecule has 4 amide bonds. The van der Waals surface area contributed by atoms with E-state index in [4.69, 9.17) is 62.2 Å². The minimum absolute atomic E-state index is 0.0718. The van der Waals surface area contributed by atoms with Crippen LogP contribution in [0.25, 0.3) is 6.08 Å².